The third-order valence-electron chi connectivity index (χ3n) is 3.28. The molecule has 1 radical (unpaired) electrons. The van der Waals surface area contributed by atoms with Crippen LogP contribution in [0.15, 0.2) is 24.3 Å². The van der Waals surface area contributed by atoms with Crippen LogP contribution < -0.4 is 40.6 Å². The van der Waals surface area contributed by atoms with Crippen molar-refractivity contribution in [2.75, 3.05) is 11.1 Å². The van der Waals surface area contributed by atoms with Gasteiger partial charge in [-0.2, -0.15) is 26.3 Å². The second-order valence-electron chi connectivity index (χ2n) is 4.52. The Bertz CT molecular complexity index is 1010. The van der Waals surface area contributed by atoms with E-state index < -0.39 is 0 Å². The average Bonchev–Trinajstić information content (AvgIpc) is 2.61. The molecular weight excluding hydrogens is 381 g/mol. The molecule has 0 aliphatic rings. The van der Waals surface area contributed by atoms with Gasteiger partial charge in [-0.1, -0.05) is 12.1 Å². The summed E-state index contributed by atoms with van der Waals surface area (Å²) in [5.41, 5.74) is 5.39. The molecule has 2 aromatic carbocycles. The summed E-state index contributed by atoms with van der Waals surface area (Å²) in [4.78, 5) is 0. The first-order valence-electron chi connectivity index (χ1n) is 6.48. The molecule has 0 bridgehead atoms. The number of para-hydroxylation sites is 2. The van der Waals surface area contributed by atoms with E-state index in [1.807, 2.05) is 12.1 Å². The SMILES string of the molecule is N#Cc1c(C#N)c(C#N)c(Nc2ccccc2N)c(C#N)c1C#N.[Fe+3].[Na+]. The molecule has 0 aromatic heterocycles. The third kappa shape index (κ3) is 3.97. The molecule has 7 nitrogen and oxygen atoms in total. The minimum atomic E-state index is -0.292. The van der Waals surface area contributed by atoms with Gasteiger partial charge in [0.2, 0.25) is 0 Å². The molecule has 0 unspecified atom stereocenters. The fourth-order valence-corrected chi connectivity index (χ4v) is 2.18. The Labute approximate surface area is 182 Å². The van der Waals surface area contributed by atoms with Crippen molar-refractivity contribution < 1.29 is 46.6 Å². The van der Waals surface area contributed by atoms with Crippen molar-refractivity contribution in [1.82, 2.24) is 0 Å². The molecule has 115 valence electrons. The molecule has 0 atom stereocenters. The summed E-state index contributed by atoms with van der Waals surface area (Å²) >= 11 is 0. The van der Waals surface area contributed by atoms with Crippen LogP contribution in [0.25, 0.3) is 0 Å². The van der Waals surface area contributed by atoms with E-state index in [0.717, 1.165) is 0 Å². The number of nitriles is 5. The van der Waals surface area contributed by atoms with E-state index in [9.17, 15) is 26.3 Å². The van der Waals surface area contributed by atoms with Crippen LogP contribution in [0.5, 0.6) is 0 Å². The first-order valence-corrected chi connectivity index (χ1v) is 6.48. The summed E-state index contributed by atoms with van der Waals surface area (Å²) in [5, 5.41) is 49.4. The largest absolute Gasteiger partial charge is 3.00 e. The Kier molecular flexibility index (Phi) is 8.94. The molecule has 9 heteroatoms. The van der Waals surface area contributed by atoms with Crippen molar-refractivity contribution in [2.45, 2.75) is 0 Å². The van der Waals surface area contributed by atoms with Crippen molar-refractivity contribution in [1.29, 1.82) is 26.3 Å². The Balaban J connectivity index is 0.00000312. The fraction of sp³-hybridized carbons (Fsp3) is 0. The molecule has 0 saturated carbocycles. The Morgan fingerprint density at radius 3 is 1.46 bits per heavy atom. The zero-order valence-electron chi connectivity index (χ0n) is 13.5. The molecule has 2 aromatic rings. The smallest absolute Gasteiger partial charge is 0.397 e. The van der Waals surface area contributed by atoms with Gasteiger partial charge in [0, 0.05) is 0 Å². The van der Waals surface area contributed by atoms with Gasteiger partial charge in [0.05, 0.1) is 44.9 Å². The number of nitrogen functional groups attached to an aromatic ring is 1. The number of hydrogen-bond acceptors (Lipinski definition) is 7. The van der Waals surface area contributed by atoms with E-state index in [4.69, 9.17) is 5.73 Å². The number of anilines is 3. The van der Waals surface area contributed by atoms with Gasteiger partial charge in [-0.05, 0) is 12.1 Å². The average molecular weight is 388 g/mol. The van der Waals surface area contributed by atoms with Gasteiger partial charge in [0.1, 0.15) is 30.3 Å². The second-order valence-corrected chi connectivity index (χ2v) is 4.52. The van der Waals surface area contributed by atoms with Crippen LogP contribution in [0.2, 0.25) is 0 Å². The van der Waals surface area contributed by atoms with E-state index in [1.54, 1.807) is 42.5 Å². The molecule has 26 heavy (non-hydrogen) atoms. The normalized spacial score (nSPS) is 8.12. The molecule has 0 aliphatic heterocycles. The monoisotopic (exact) mass is 388 g/mol. The minimum Gasteiger partial charge on any atom is -0.397 e. The summed E-state index contributed by atoms with van der Waals surface area (Å²) in [6.45, 7) is 0. The molecule has 2 rings (SSSR count). The molecular formula is C17H7FeN7Na+4. The van der Waals surface area contributed by atoms with Crippen LogP contribution in [0.1, 0.15) is 27.8 Å². The van der Waals surface area contributed by atoms with Crippen molar-refractivity contribution >= 4 is 17.1 Å². The summed E-state index contributed by atoms with van der Waals surface area (Å²) in [6.07, 6.45) is 0. The maximum atomic E-state index is 9.41. The van der Waals surface area contributed by atoms with Crippen LogP contribution in [0, 0.1) is 56.7 Å². The number of nitrogens with zero attached hydrogens (tertiary/aromatic N) is 5. The zero-order chi connectivity index (χ0) is 17.7. The minimum absolute atomic E-state index is 0. The summed E-state index contributed by atoms with van der Waals surface area (Å²) in [6, 6.07) is 15.5. The molecule has 0 heterocycles. The standard InChI is InChI=1S/C17H7N7.Fe.Na/c18-5-10-11(6-19)13(8-21)17(14(9-22)12(10)7-20)24-16-4-2-1-3-15(16)23;;/h1-4,24H,23H2;;/q;+3;+1. The molecule has 0 fully saturated rings. The van der Waals surface area contributed by atoms with E-state index in [0.29, 0.717) is 11.4 Å². The van der Waals surface area contributed by atoms with Crippen LogP contribution >= 0.6 is 0 Å². The molecule has 0 amide bonds. The third-order valence-corrected chi connectivity index (χ3v) is 3.28. The van der Waals surface area contributed by atoms with Crippen molar-refractivity contribution in [3.63, 3.8) is 0 Å². The molecule has 0 saturated heterocycles. The first-order chi connectivity index (χ1) is 11.6. The van der Waals surface area contributed by atoms with Gasteiger partial charge < -0.3 is 11.1 Å². The van der Waals surface area contributed by atoms with Crippen molar-refractivity contribution in [2.24, 2.45) is 0 Å². The summed E-state index contributed by atoms with van der Waals surface area (Å²) < 4.78 is 0. The zero-order valence-corrected chi connectivity index (χ0v) is 16.6. The van der Waals surface area contributed by atoms with Gasteiger partial charge in [-0.15, -0.1) is 0 Å². The van der Waals surface area contributed by atoms with E-state index >= 15 is 0 Å². The maximum absolute atomic E-state index is 9.41. The van der Waals surface area contributed by atoms with Crippen molar-refractivity contribution in [3.05, 3.63) is 52.1 Å². The summed E-state index contributed by atoms with van der Waals surface area (Å²) in [5.74, 6) is 0. The van der Waals surface area contributed by atoms with Gasteiger partial charge >= 0.3 is 46.6 Å². The number of benzene rings is 2. The maximum Gasteiger partial charge on any atom is 3.00 e. The molecule has 3 N–H and O–H groups in total. The van der Waals surface area contributed by atoms with Crippen LogP contribution in [-0.2, 0) is 17.1 Å². The second kappa shape index (κ2) is 10.1. The Hall–Kier alpha value is -2.99. The predicted octanol–water partition coefficient (Wildman–Crippen LogP) is -0.628. The van der Waals surface area contributed by atoms with E-state index in [1.165, 1.54) is 0 Å². The number of nitrogens with one attached hydrogen (secondary N) is 1. The summed E-state index contributed by atoms with van der Waals surface area (Å²) in [7, 11) is 0. The topological polar surface area (TPSA) is 157 Å². The Morgan fingerprint density at radius 2 is 1.08 bits per heavy atom. The number of nitrogens with two attached hydrogens (primary N) is 1. The van der Waals surface area contributed by atoms with Crippen LogP contribution in [0.3, 0.4) is 0 Å². The quantitative estimate of drug-likeness (QED) is 0.512. The van der Waals surface area contributed by atoms with Gasteiger partial charge in [0.25, 0.3) is 0 Å². The Morgan fingerprint density at radius 1 is 0.692 bits per heavy atom. The van der Waals surface area contributed by atoms with E-state index in [-0.39, 0.29) is 80.1 Å². The van der Waals surface area contributed by atoms with Gasteiger partial charge in [-0.25, -0.2) is 0 Å². The van der Waals surface area contributed by atoms with Crippen LogP contribution in [-0.4, -0.2) is 0 Å². The fourth-order valence-electron chi connectivity index (χ4n) is 2.18. The predicted molar refractivity (Wildman–Crippen MR) is 84.2 cm³/mol. The van der Waals surface area contributed by atoms with Gasteiger partial charge in [0.15, 0.2) is 0 Å². The first kappa shape index (κ1) is 23.0. The number of hydrogen-bond donors (Lipinski definition) is 2. The number of rotatable bonds is 2. The van der Waals surface area contributed by atoms with Crippen molar-refractivity contribution in [3.8, 4) is 30.3 Å². The van der Waals surface area contributed by atoms with Gasteiger partial charge in [-0.3, -0.25) is 0 Å². The van der Waals surface area contributed by atoms with Crippen LogP contribution in [0.4, 0.5) is 17.1 Å². The van der Waals surface area contributed by atoms with E-state index in [2.05, 4.69) is 5.32 Å². The molecule has 0 spiro atoms. The molecule has 0 aliphatic carbocycles.